The van der Waals surface area contributed by atoms with E-state index in [2.05, 4.69) is 70.1 Å². The van der Waals surface area contributed by atoms with E-state index in [9.17, 15) is 14.4 Å². The number of hydrazine groups is 1. The lowest BCUT2D eigenvalue weighted by molar-refractivity contribution is -0.158. The lowest BCUT2D eigenvalue weighted by atomic mass is 9.84. The van der Waals surface area contributed by atoms with Crippen LogP contribution < -0.4 is 15.6 Å². The maximum Gasteiger partial charge on any atom is 0.324 e. The van der Waals surface area contributed by atoms with Gasteiger partial charge < -0.3 is 43.2 Å². The molecule has 7 aliphatic rings. The molecule has 73 heavy (non-hydrogen) atoms. The van der Waals surface area contributed by atoms with Crippen LogP contribution in [-0.2, 0) is 55.8 Å². The summed E-state index contributed by atoms with van der Waals surface area (Å²) in [6.07, 6.45) is 8.94. The number of ether oxygens (including phenoxy) is 6. The molecule has 8 heterocycles. The van der Waals surface area contributed by atoms with E-state index in [-0.39, 0.29) is 31.3 Å². The predicted octanol–water partition coefficient (Wildman–Crippen LogP) is 6.77. The van der Waals surface area contributed by atoms with E-state index in [0.717, 1.165) is 102 Å². The second-order valence-corrected chi connectivity index (χ2v) is 23.1. The van der Waals surface area contributed by atoms with Crippen molar-refractivity contribution in [2.45, 2.75) is 140 Å². The van der Waals surface area contributed by atoms with E-state index in [1.807, 2.05) is 18.5 Å². The summed E-state index contributed by atoms with van der Waals surface area (Å²) in [5.41, 5.74) is 9.42. The van der Waals surface area contributed by atoms with Crippen LogP contribution in [0.1, 0.15) is 114 Å². The Balaban J connectivity index is 1.05. The molecule has 4 saturated heterocycles. The van der Waals surface area contributed by atoms with Crippen molar-refractivity contribution in [3.05, 3.63) is 52.1 Å². The number of cyclic esters (lactones) is 1. The number of methoxy groups -OCH3 is 1. The second kappa shape index (κ2) is 21.2. The summed E-state index contributed by atoms with van der Waals surface area (Å²) in [5, 5.41) is 8.22. The highest BCUT2D eigenvalue weighted by Crippen LogP contribution is 2.46. The quantitative estimate of drug-likeness (QED) is 0.135. The fourth-order valence-electron chi connectivity index (χ4n) is 12.2. The minimum Gasteiger partial charge on any atom is -0.464 e. The summed E-state index contributed by atoms with van der Waals surface area (Å²) in [7, 11) is 1.74. The van der Waals surface area contributed by atoms with Crippen LogP contribution in [0.25, 0.3) is 33.4 Å². The highest BCUT2D eigenvalue weighted by molar-refractivity contribution is 7.10. The molecular formula is C55H74N8O9S. The molecule has 6 fully saturated rings. The van der Waals surface area contributed by atoms with Gasteiger partial charge in [0.2, 0.25) is 0 Å². The van der Waals surface area contributed by atoms with Gasteiger partial charge in [0.15, 0.2) is 0 Å². The number of rotatable bonds is 13. The topological polar surface area (TPSA) is 171 Å². The molecule has 0 spiro atoms. The largest absolute Gasteiger partial charge is 0.464 e. The van der Waals surface area contributed by atoms with Gasteiger partial charge in [0.1, 0.15) is 28.8 Å². The number of piperazine rings is 1. The first-order valence-corrected chi connectivity index (χ1v) is 27.9. The molecule has 2 N–H and O–H groups in total. The molecule has 4 aromatic rings. The number of thiazole rings is 1. The molecular weight excluding hydrogens is 949 g/mol. The summed E-state index contributed by atoms with van der Waals surface area (Å²) in [5.74, 6) is -0.837. The highest BCUT2D eigenvalue weighted by atomic mass is 32.1. The van der Waals surface area contributed by atoms with Crippen LogP contribution in [0.5, 0.6) is 0 Å². The molecule has 0 radical (unpaired) electrons. The monoisotopic (exact) mass is 1020 g/mol. The van der Waals surface area contributed by atoms with Crippen molar-refractivity contribution in [2.24, 2.45) is 11.3 Å². The first-order valence-electron chi connectivity index (χ1n) is 27.0. The lowest BCUT2D eigenvalue weighted by Gasteiger charge is -2.38. The van der Waals surface area contributed by atoms with Gasteiger partial charge in [0, 0.05) is 105 Å². The molecule has 394 valence electrons. The summed E-state index contributed by atoms with van der Waals surface area (Å²) >= 11 is 1.41. The Morgan fingerprint density at radius 2 is 1.85 bits per heavy atom. The zero-order valence-corrected chi connectivity index (χ0v) is 44.1. The van der Waals surface area contributed by atoms with Crippen molar-refractivity contribution in [2.75, 3.05) is 84.4 Å². The van der Waals surface area contributed by atoms with Gasteiger partial charge in [-0.3, -0.25) is 29.3 Å². The van der Waals surface area contributed by atoms with Gasteiger partial charge in [-0.25, -0.2) is 10.4 Å². The number of nitrogens with zero attached hydrogens (tertiary/aromatic N) is 6. The predicted molar refractivity (Wildman–Crippen MR) is 277 cm³/mol. The normalized spacial score (nSPS) is 27.6. The van der Waals surface area contributed by atoms with Gasteiger partial charge >= 0.3 is 5.97 Å². The summed E-state index contributed by atoms with van der Waals surface area (Å²) in [4.78, 5) is 59.2. The number of carbonyl (C=O) groups is 3. The Kier molecular flexibility index (Phi) is 14.7. The van der Waals surface area contributed by atoms with Crippen LogP contribution in [0.3, 0.4) is 0 Å². The smallest absolute Gasteiger partial charge is 0.324 e. The van der Waals surface area contributed by atoms with E-state index in [1.165, 1.54) is 29.2 Å². The van der Waals surface area contributed by atoms with E-state index in [1.54, 1.807) is 7.11 Å². The minimum absolute atomic E-state index is 0.122. The Hall–Kier alpha value is -4.53. The Morgan fingerprint density at radius 3 is 2.58 bits per heavy atom. The van der Waals surface area contributed by atoms with Crippen molar-refractivity contribution < 1.29 is 42.8 Å². The Morgan fingerprint density at radius 1 is 1.03 bits per heavy atom. The fourth-order valence-corrected chi connectivity index (χ4v) is 13.1. The number of carbonyl (C=O) groups excluding carboxylic acids is 3. The van der Waals surface area contributed by atoms with Crippen LogP contribution in [0.4, 0.5) is 5.69 Å². The highest BCUT2D eigenvalue weighted by Gasteiger charge is 2.53. The van der Waals surface area contributed by atoms with E-state index >= 15 is 0 Å². The van der Waals surface area contributed by atoms with Gasteiger partial charge in [-0.1, -0.05) is 19.9 Å². The molecule has 2 amide bonds. The SMILES string of the molecule is CCO[C@@H]1c2nc(cs2)-c2ccc3c(c2)c(c(-c2cc(N4CCN(C5CC5)CC4)cnc2[C@H](C)OC)n3CCOC2CCOCC2)CC(C)(C)COC(=O)[C@@H]2CCCN(N2)C(=O)[C@H]1NC(=O)C12CCC(CO1)C2. The molecule has 17 nitrogen and oxygen atoms in total. The van der Waals surface area contributed by atoms with Crippen molar-refractivity contribution in [3.8, 4) is 22.5 Å². The summed E-state index contributed by atoms with van der Waals surface area (Å²) in [6, 6.07) is 7.65. The second-order valence-electron chi connectivity index (χ2n) is 22.2. The molecule has 2 unspecified atom stereocenters. The van der Waals surface area contributed by atoms with Crippen molar-refractivity contribution in [3.63, 3.8) is 0 Å². The van der Waals surface area contributed by atoms with Crippen molar-refractivity contribution in [1.82, 2.24) is 35.2 Å². The van der Waals surface area contributed by atoms with Crippen LogP contribution in [-0.4, -0.2) is 152 Å². The van der Waals surface area contributed by atoms with Crippen LogP contribution in [0.2, 0.25) is 0 Å². The number of fused-ring (bicyclic) bond motifs is 8. The number of nitrogens with one attached hydrogen (secondary N) is 2. The number of hydrogen-bond donors (Lipinski definition) is 2. The number of anilines is 1. The van der Waals surface area contributed by atoms with Gasteiger partial charge in [-0.15, -0.1) is 11.3 Å². The molecule has 5 aliphatic heterocycles. The number of amides is 2. The third-order valence-electron chi connectivity index (χ3n) is 16.5. The lowest BCUT2D eigenvalue weighted by Crippen LogP contribution is -2.62. The van der Waals surface area contributed by atoms with Crippen molar-refractivity contribution >= 4 is 45.7 Å². The molecule has 6 atom stereocenters. The van der Waals surface area contributed by atoms with Crippen LogP contribution >= 0.6 is 11.3 Å². The molecule has 2 aliphatic carbocycles. The first kappa shape index (κ1) is 50.6. The maximum absolute atomic E-state index is 14.9. The maximum atomic E-state index is 14.9. The third kappa shape index (κ3) is 10.4. The number of benzene rings is 1. The summed E-state index contributed by atoms with van der Waals surface area (Å²) in [6.45, 7) is 15.9. The van der Waals surface area contributed by atoms with E-state index in [4.69, 9.17) is 38.4 Å². The Labute approximate surface area is 432 Å². The standard InChI is InChI=1S/C55H74N8O9S/c1-6-69-49-47(58-53(66)55-16-13-35(28-55)31-72-55)51(64)63-17-7-8-43(59-63)52(65)71-33-54(3,4)29-42-40-26-36(44-32-73-50(49)57-44)9-12-45(40)62(22-25-70-39-14-23-68-24-15-39)48(42)41-27-38(30-56-46(41)34(2)67-5)61-20-18-60(19-21-61)37-10-11-37/h9,12,26-27,30,32,34-35,37,39,43,47,49,59H,6-8,10-11,13-25,28-29,31,33H2,1-5H3,(H,58,66)/t34-,35?,43-,47-,49-,55?/m0/s1. The molecule has 8 bridgehead atoms. The molecule has 18 heteroatoms. The van der Waals surface area contributed by atoms with Crippen LogP contribution in [0, 0.1) is 11.3 Å². The van der Waals surface area contributed by atoms with Crippen LogP contribution in [0.15, 0.2) is 35.8 Å². The number of pyridine rings is 1. The zero-order valence-electron chi connectivity index (χ0n) is 43.3. The minimum atomic E-state index is -1.16. The zero-order chi connectivity index (χ0) is 50.4. The van der Waals surface area contributed by atoms with Crippen molar-refractivity contribution in [1.29, 1.82) is 0 Å². The van der Waals surface area contributed by atoms with Gasteiger partial charge in [-0.2, -0.15) is 0 Å². The summed E-state index contributed by atoms with van der Waals surface area (Å²) < 4.78 is 39.8. The molecule has 11 rings (SSSR count). The van der Waals surface area contributed by atoms with Gasteiger partial charge in [-0.05, 0) is 108 Å². The average molecular weight is 1020 g/mol. The molecule has 2 saturated carbocycles. The average Bonchev–Trinajstić information content (AvgIpc) is 3.68. The van der Waals surface area contributed by atoms with E-state index < -0.39 is 41.1 Å². The molecule has 1 aromatic carbocycles. The number of hydrogen-bond acceptors (Lipinski definition) is 15. The van der Waals surface area contributed by atoms with Gasteiger partial charge in [0.05, 0.1) is 61.0 Å². The molecule has 3 aromatic heterocycles. The fraction of sp³-hybridized carbons (Fsp3) is 0.655. The number of aromatic nitrogens is 3. The van der Waals surface area contributed by atoms with Gasteiger partial charge in [0.25, 0.3) is 11.8 Å². The Bertz CT molecular complexity index is 2650. The first-order chi connectivity index (χ1) is 35.4. The third-order valence-corrected chi connectivity index (χ3v) is 17.4. The number of esters is 1. The van der Waals surface area contributed by atoms with E-state index in [0.29, 0.717) is 82.5 Å².